The summed E-state index contributed by atoms with van der Waals surface area (Å²) in [5.41, 5.74) is 1.02. The van der Waals surface area contributed by atoms with Crippen LogP contribution in [-0.2, 0) is 10.0 Å². The van der Waals surface area contributed by atoms with Crippen LogP contribution in [-0.4, -0.2) is 43.8 Å². The van der Waals surface area contributed by atoms with Crippen molar-refractivity contribution in [1.82, 2.24) is 9.97 Å². The molecule has 0 saturated carbocycles. The molecule has 0 unspecified atom stereocenters. The fourth-order valence-corrected chi connectivity index (χ4v) is 3.81. The number of nitrogens with one attached hydrogen (secondary N) is 1. The molecule has 1 aromatic heterocycles. The molecule has 0 spiro atoms. The van der Waals surface area contributed by atoms with Gasteiger partial charge in [-0.1, -0.05) is 38.1 Å². The van der Waals surface area contributed by atoms with Crippen LogP contribution in [0.3, 0.4) is 0 Å². The number of aliphatic hydroxyl groups is 1. The quantitative estimate of drug-likeness (QED) is 0.472. The van der Waals surface area contributed by atoms with Crippen LogP contribution in [0.1, 0.15) is 25.3 Å². The first kappa shape index (κ1) is 23.3. The summed E-state index contributed by atoms with van der Waals surface area (Å²) in [5, 5.41) is 9.12. The van der Waals surface area contributed by atoms with Crippen molar-refractivity contribution in [2.24, 2.45) is 0 Å². The molecule has 170 valence electrons. The van der Waals surface area contributed by atoms with E-state index in [1.165, 1.54) is 19.2 Å². The number of aliphatic hydroxyl groups excluding tert-OH is 1. The lowest BCUT2D eigenvalue weighted by Crippen LogP contribution is -2.16. The van der Waals surface area contributed by atoms with E-state index in [0.717, 1.165) is 11.9 Å². The van der Waals surface area contributed by atoms with Gasteiger partial charge in [0.1, 0.15) is 12.9 Å². The van der Waals surface area contributed by atoms with E-state index in [0.29, 0.717) is 11.5 Å². The van der Waals surface area contributed by atoms with Gasteiger partial charge in [0.25, 0.3) is 15.9 Å². The predicted molar refractivity (Wildman–Crippen MR) is 119 cm³/mol. The van der Waals surface area contributed by atoms with Gasteiger partial charge in [-0.3, -0.25) is 4.72 Å². The van der Waals surface area contributed by atoms with Crippen molar-refractivity contribution < 1.29 is 27.7 Å². The van der Waals surface area contributed by atoms with Gasteiger partial charge in [0, 0.05) is 0 Å². The van der Waals surface area contributed by atoms with Crippen LogP contribution in [0.2, 0.25) is 0 Å². The van der Waals surface area contributed by atoms with Gasteiger partial charge in [-0.15, -0.1) is 0 Å². The molecule has 10 heteroatoms. The van der Waals surface area contributed by atoms with Gasteiger partial charge in [-0.05, 0) is 35.7 Å². The monoisotopic (exact) mass is 459 g/mol. The van der Waals surface area contributed by atoms with E-state index in [9.17, 15) is 8.42 Å². The Morgan fingerprint density at radius 3 is 2.34 bits per heavy atom. The molecule has 0 amide bonds. The lowest BCUT2D eigenvalue weighted by atomic mass is 10.0. The van der Waals surface area contributed by atoms with Crippen LogP contribution < -0.4 is 18.9 Å². The number of aromatic nitrogens is 2. The summed E-state index contributed by atoms with van der Waals surface area (Å²) < 4.78 is 45.1. The molecule has 9 nitrogen and oxygen atoms in total. The lowest BCUT2D eigenvalue weighted by Gasteiger charge is -2.16. The molecule has 3 rings (SSSR count). The van der Waals surface area contributed by atoms with Crippen molar-refractivity contribution in [3.8, 4) is 23.1 Å². The Kier molecular flexibility index (Phi) is 7.49. The smallest absolute Gasteiger partial charge is 0.263 e. The van der Waals surface area contributed by atoms with Crippen LogP contribution in [0.25, 0.3) is 0 Å². The minimum absolute atomic E-state index is 0.0344. The predicted octanol–water partition coefficient (Wildman–Crippen LogP) is 3.57. The molecule has 1 heterocycles. The molecule has 0 aliphatic rings. The molecule has 0 atom stereocenters. The number of hydrogen-bond donors (Lipinski definition) is 2. The van der Waals surface area contributed by atoms with E-state index in [1.54, 1.807) is 36.4 Å². The summed E-state index contributed by atoms with van der Waals surface area (Å²) in [6, 6.07) is 13.4. The molecule has 2 aromatic carbocycles. The number of benzene rings is 2. The van der Waals surface area contributed by atoms with Crippen molar-refractivity contribution in [2.45, 2.75) is 24.7 Å². The maximum atomic E-state index is 13.0. The van der Waals surface area contributed by atoms with Crippen LogP contribution in [0, 0.1) is 0 Å². The molecule has 0 fully saturated rings. The normalized spacial score (nSPS) is 11.3. The molecule has 0 saturated heterocycles. The van der Waals surface area contributed by atoms with Crippen molar-refractivity contribution >= 4 is 15.8 Å². The topological polar surface area (TPSA) is 120 Å². The summed E-state index contributed by atoms with van der Waals surface area (Å²) in [6.07, 6.45) is 1.14. The number of rotatable bonds is 10. The van der Waals surface area contributed by atoms with Crippen LogP contribution in [0.15, 0.2) is 59.8 Å². The number of nitrogens with zero attached hydrogens (tertiary/aromatic N) is 2. The summed E-state index contributed by atoms with van der Waals surface area (Å²) in [4.78, 5) is 8.13. The Morgan fingerprint density at radius 1 is 1.03 bits per heavy atom. The van der Waals surface area contributed by atoms with Crippen molar-refractivity contribution in [2.75, 3.05) is 25.0 Å². The molecular formula is C22H25N3O6S. The van der Waals surface area contributed by atoms with Gasteiger partial charge in [0.2, 0.25) is 5.75 Å². The maximum Gasteiger partial charge on any atom is 0.263 e. The van der Waals surface area contributed by atoms with E-state index < -0.39 is 10.0 Å². The fraction of sp³-hybridized carbons (Fsp3) is 0.273. The van der Waals surface area contributed by atoms with Gasteiger partial charge < -0.3 is 19.3 Å². The third-order valence-electron chi connectivity index (χ3n) is 4.47. The molecular weight excluding hydrogens is 434 g/mol. The highest BCUT2D eigenvalue weighted by molar-refractivity contribution is 7.92. The standard InChI is InChI=1S/C22H25N3O6S/c1-15(2)16-8-10-17(11-9-16)32(27,28)25-21-20(22(24-14-23-21)30-13-12-26)31-19-7-5-4-6-18(19)29-3/h4-11,14-15,26H,12-13H2,1-3H3,(H,23,24,25). The van der Waals surface area contributed by atoms with Gasteiger partial charge in [0.15, 0.2) is 17.3 Å². The third kappa shape index (κ3) is 5.45. The summed E-state index contributed by atoms with van der Waals surface area (Å²) >= 11 is 0. The molecule has 0 radical (unpaired) electrons. The maximum absolute atomic E-state index is 13.0. The first-order valence-electron chi connectivity index (χ1n) is 9.88. The Bertz CT molecular complexity index is 1150. The molecule has 0 aliphatic carbocycles. The molecule has 0 bridgehead atoms. The number of ether oxygens (including phenoxy) is 3. The Balaban J connectivity index is 1.99. The molecule has 3 aromatic rings. The highest BCUT2D eigenvalue weighted by Crippen LogP contribution is 2.39. The minimum Gasteiger partial charge on any atom is -0.493 e. The first-order chi connectivity index (χ1) is 15.4. The second kappa shape index (κ2) is 10.3. The lowest BCUT2D eigenvalue weighted by molar-refractivity contribution is 0.192. The fourth-order valence-electron chi connectivity index (χ4n) is 2.80. The van der Waals surface area contributed by atoms with Crippen molar-refractivity contribution in [1.29, 1.82) is 0 Å². The zero-order valence-electron chi connectivity index (χ0n) is 18.0. The van der Waals surface area contributed by atoms with Crippen molar-refractivity contribution in [3.05, 3.63) is 60.4 Å². The molecule has 2 N–H and O–H groups in total. The largest absolute Gasteiger partial charge is 0.493 e. The van der Waals surface area contributed by atoms with E-state index >= 15 is 0 Å². The van der Waals surface area contributed by atoms with Gasteiger partial charge in [-0.25, -0.2) is 13.4 Å². The van der Waals surface area contributed by atoms with E-state index in [4.69, 9.17) is 19.3 Å². The number of sulfonamides is 1. The second-order valence-corrected chi connectivity index (χ2v) is 8.69. The number of methoxy groups -OCH3 is 1. The van der Waals surface area contributed by atoms with Crippen LogP contribution in [0.5, 0.6) is 23.1 Å². The Labute approximate surface area is 187 Å². The zero-order chi connectivity index (χ0) is 23.1. The summed E-state index contributed by atoms with van der Waals surface area (Å²) in [7, 11) is -2.50. The van der Waals surface area contributed by atoms with Gasteiger partial charge in [-0.2, -0.15) is 4.98 Å². The number of para-hydroxylation sites is 2. The Morgan fingerprint density at radius 2 is 1.72 bits per heavy atom. The Hall–Kier alpha value is -3.37. The van der Waals surface area contributed by atoms with Crippen molar-refractivity contribution in [3.63, 3.8) is 0 Å². The molecule has 32 heavy (non-hydrogen) atoms. The third-order valence-corrected chi connectivity index (χ3v) is 5.83. The number of anilines is 1. The highest BCUT2D eigenvalue weighted by Gasteiger charge is 2.23. The number of hydrogen-bond acceptors (Lipinski definition) is 8. The first-order valence-corrected chi connectivity index (χ1v) is 11.4. The average Bonchev–Trinajstić information content (AvgIpc) is 2.79. The summed E-state index contributed by atoms with van der Waals surface area (Å²) in [5.74, 6) is 0.781. The second-order valence-electron chi connectivity index (χ2n) is 7.01. The van der Waals surface area contributed by atoms with Crippen LogP contribution in [0.4, 0.5) is 5.82 Å². The average molecular weight is 460 g/mol. The minimum atomic E-state index is -3.98. The summed E-state index contributed by atoms with van der Waals surface area (Å²) in [6.45, 7) is 3.72. The van der Waals surface area contributed by atoms with E-state index in [-0.39, 0.29) is 41.5 Å². The zero-order valence-corrected chi connectivity index (χ0v) is 18.8. The van der Waals surface area contributed by atoms with Gasteiger partial charge >= 0.3 is 0 Å². The van der Waals surface area contributed by atoms with Gasteiger partial charge in [0.05, 0.1) is 18.6 Å². The molecule has 0 aliphatic heterocycles. The van der Waals surface area contributed by atoms with Crippen LogP contribution >= 0.6 is 0 Å². The highest BCUT2D eigenvalue weighted by atomic mass is 32.2. The van der Waals surface area contributed by atoms with E-state index in [2.05, 4.69) is 14.7 Å². The van der Waals surface area contributed by atoms with E-state index in [1.807, 2.05) is 13.8 Å². The SMILES string of the molecule is COc1ccccc1Oc1c(NS(=O)(=O)c2ccc(C(C)C)cc2)ncnc1OCCO.